The van der Waals surface area contributed by atoms with Crippen molar-refractivity contribution in [1.82, 2.24) is 4.72 Å². The van der Waals surface area contributed by atoms with Crippen molar-refractivity contribution in [2.24, 2.45) is 11.8 Å². The molecule has 0 aliphatic heterocycles. The Kier molecular flexibility index (Phi) is 4.80. The number of hydrogen-bond donors (Lipinski definition) is 2. The molecule has 0 spiro atoms. The quantitative estimate of drug-likeness (QED) is 0.834. The summed E-state index contributed by atoms with van der Waals surface area (Å²) in [5.74, 6) is -0.161. The lowest BCUT2D eigenvalue weighted by Gasteiger charge is -2.32. The molecule has 2 rings (SSSR count). The van der Waals surface area contributed by atoms with Crippen molar-refractivity contribution >= 4 is 27.3 Å². The zero-order chi connectivity index (χ0) is 15.8. The van der Waals surface area contributed by atoms with Gasteiger partial charge in [0.25, 0.3) is 0 Å². The molecule has 1 aliphatic rings. The topological polar surface area (TPSA) is 72.2 Å². The molecule has 1 saturated carbocycles. The molecule has 7 heteroatoms. The van der Waals surface area contributed by atoms with E-state index in [0.29, 0.717) is 5.92 Å². The van der Waals surface area contributed by atoms with Gasteiger partial charge in [-0.3, -0.25) is 0 Å². The summed E-state index contributed by atoms with van der Waals surface area (Å²) in [6.45, 7) is 4.16. The predicted molar refractivity (Wildman–Crippen MR) is 82.1 cm³/mol. The van der Waals surface area contributed by atoms with Gasteiger partial charge in [0.2, 0.25) is 10.0 Å². The van der Waals surface area contributed by atoms with Crippen molar-refractivity contribution in [1.29, 1.82) is 0 Å². The van der Waals surface area contributed by atoms with Crippen LogP contribution in [0.3, 0.4) is 0 Å². The third-order valence-electron chi connectivity index (χ3n) is 4.06. The van der Waals surface area contributed by atoms with E-state index in [0.717, 1.165) is 25.3 Å². The van der Waals surface area contributed by atoms with E-state index in [9.17, 15) is 12.8 Å². The summed E-state index contributed by atoms with van der Waals surface area (Å²) >= 11 is 5.78. The van der Waals surface area contributed by atoms with Crippen LogP contribution in [0.2, 0.25) is 5.02 Å². The lowest BCUT2D eigenvalue weighted by atomic mass is 9.80. The molecule has 0 heterocycles. The Morgan fingerprint density at radius 3 is 2.62 bits per heavy atom. The molecule has 0 bridgehead atoms. The maximum absolute atomic E-state index is 14.0. The molecule has 3 unspecified atom stereocenters. The lowest BCUT2D eigenvalue weighted by Crippen LogP contribution is -2.42. The first kappa shape index (κ1) is 16.5. The van der Waals surface area contributed by atoms with Crippen molar-refractivity contribution in [2.45, 2.75) is 44.0 Å². The van der Waals surface area contributed by atoms with Crippen LogP contribution in [-0.2, 0) is 10.0 Å². The molecule has 0 saturated heterocycles. The van der Waals surface area contributed by atoms with Crippen molar-refractivity contribution in [2.75, 3.05) is 5.73 Å². The van der Waals surface area contributed by atoms with E-state index >= 15 is 0 Å². The second-order valence-electron chi connectivity index (χ2n) is 5.93. The number of nitrogens with two attached hydrogens (primary N) is 1. The smallest absolute Gasteiger partial charge is 0.243 e. The number of anilines is 1. The third-order valence-corrected chi connectivity index (χ3v) is 5.77. The summed E-state index contributed by atoms with van der Waals surface area (Å²) in [5.41, 5.74) is 5.17. The van der Waals surface area contributed by atoms with Crippen LogP contribution in [0.4, 0.5) is 10.1 Å². The highest BCUT2D eigenvalue weighted by atomic mass is 35.5. The molecule has 4 nitrogen and oxygen atoms in total. The van der Waals surface area contributed by atoms with Gasteiger partial charge in [-0.1, -0.05) is 25.4 Å². The fourth-order valence-electron chi connectivity index (χ4n) is 2.88. The molecular weight excluding hydrogens is 315 g/mol. The second-order valence-corrected chi connectivity index (χ2v) is 8.05. The molecule has 3 N–H and O–H groups in total. The first-order chi connectivity index (χ1) is 9.70. The Bertz CT molecular complexity index is 636. The second kappa shape index (κ2) is 6.10. The molecule has 1 aliphatic carbocycles. The van der Waals surface area contributed by atoms with E-state index in [2.05, 4.69) is 11.6 Å². The van der Waals surface area contributed by atoms with E-state index in [-0.39, 0.29) is 22.7 Å². The average Bonchev–Trinajstić information content (AvgIpc) is 2.37. The Hall–Kier alpha value is -0.850. The number of halogens is 2. The molecule has 1 aromatic carbocycles. The van der Waals surface area contributed by atoms with Gasteiger partial charge in [0, 0.05) is 11.1 Å². The molecule has 0 radical (unpaired) electrons. The zero-order valence-corrected chi connectivity index (χ0v) is 13.6. The van der Waals surface area contributed by atoms with E-state index in [1.165, 1.54) is 6.07 Å². The Morgan fingerprint density at radius 2 is 2.00 bits per heavy atom. The summed E-state index contributed by atoms with van der Waals surface area (Å²) < 4.78 is 41.4. The van der Waals surface area contributed by atoms with Crippen molar-refractivity contribution in [3.05, 3.63) is 23.0 Å². The largest absolute Gasteiger partial charge is 0.396 e. The summed E-state index contributed by atoms with van der Waals surface area (Å²) in [5, 5.41) is 0.0968. The maximum Gasteiger partial charge on any atom is 0.243 e. The summed E-state index contributed by atoms with van der Waals surface area (Å²) in [6, 6.07) is 2.10. The maximum atomic E-state index is 14.0. The van der Waals surface area contributed by atoms with Crippen LogP contribution in [0.15, 0.2) is 17.0 Å². The molecule has 118 valence electrons. The van der Waals surface area contributed by atoms with Crippen molar-refractivity contribution in [3.63, 3.8) is 0 Å². The fraction of sp³-hybridized carbons (Fsp3) is 0.571. The van der Waals surface area contributed by atoms with Crippen molar-refractivity contribution in [3.8, 4) is 0 Å². The number of nitrogen functional groups attached to an aromatic ring is 1. The van der Waals surface area contributed by atoms with E-state index < -0.39 is 20.7 Å². The number of benzene rings is 1. The highest BCUT2D eigenvalue weighted by Crippen LogP contribution is 2.31. The highest BCUT2D eigenvalue weighted by molar-refractivity contribution is 7.89. The summed E-state index contributed by atoms with van der Waals surface area (Å²) in [4.78, 5) is -0.488. The average molecular weight is 335 g/mol. The Balaban J connectivity index is 2.27. The van der Waals surface area contributed by atoms with Gasteiger partial charge in [-0.15, -0.1) is 0 Å². The molecule has 21 heavy (non-hydrogen) atoms. The lowest BCUT2D eigenvalue weighted by molar-refractivity contribution is 0.249. The number of hydrogen-bond acceptors (Lipinski definition) is 3. The fourth-order valence-corrected chi connectivity index (χ4v) is 4.69. The number of rotatable bonds is 3. The minimum Gasteiger partial charge on any atom is -0.396 e. The van der Waals surface area contributed by atoms with Gasteiger partial charge in [-0.25, -0.2) is 17.5 Å². The van der Waals surface area contributed by atoms with Gasteiger partial charge in [-0.05, 0) is 43.2 Å². The van der Waals surface area contributed by atoms with E-state index in [1.807, 2.05) is 6.92 Å². The number of nitrogens with one attached hydrogen (secondary N) is 1. The normalized spacial score (nSPS) is 26.8. The van der Waals surface area contributed by atoms with Crippen LogP contribution in [0, 0.1) is 17.7 Å². The van der Waals surface area contributed by atoms with Crippen LogP contribution in [0.5, 0.6) is 0 Å². The van der Waals surface area contributed by atoms with Crippen LogP contribution in [-0.4, -0.2) is 14.5 Å². The van der Waals surface area contributed by atoms with Gasteiger partial charge < -0.3 is 5.73 Å². The van der Waals surface area contributed by atoms with E-state index in [1.54, 1.807) is 0 Å². The standard InChI is InChI=1S/C14H20ClFN2O2S/c1-8-3-4-12(9(2)5-8)18-21(19,20)13-7-10(15)6-11(17)14(13)16/h6-9,12,18H,3-5,17H2,1-2H3. The van der Waals surface area contributed by atoms with Gasteiger partial charge in [0.1, 0.15) is 4.90 Å². The zero-order valence-electron chi connectivity index (χ0n) is 12.1. The minimum absolute atomic E-state index is 0.0968. The Morgan fingerprint density at radius 1 is 1.33 bits per heavy atom. The summed E-state index contributed by atoms with van der Waals surface area (Å²) in [6.07, 6.45) is 2.66. The van der Waals surface area contributed by atoms with Gasteiger partial charge in [-0.2, -0.15) is 0 Å². The van der Waals surface area contributed by atoms with Crippen molar-refractivity contribution < 1.29 is 12.8 Å². The first-order valence-electron chi connectivity index (χ1n) is 6.97. The molecule has 0 aromatic heterocycles. The van der Waals surface area contributed by atoms with Gasteiger partial charge in [0.05, 0.1) is 5.69 Å². The number of sulfonamides is 1. The molecule has 3 atom stereocenters. The van der Waals surface area contributed by atoms with Crippen LogP contribution in [0.1, 0.15) is 33.1 Å². The predicted octanol–water partition coefficient (Wildman–Crippen LogP) is 3.16. The van der Waals surface area contributed by atoms with Crippen LogP contribution < -0.4 is 10.5 Å². The minimum atomic E-state index is -3.98. The monoisotopic (exact) mass is 334 g/mol. The van der Waals surface area contributed by atoms with Crippen LogP contribution >= 0.6 is 11.6 Å². The van der Waals surface area contributed by atoms with Gasteiger partial charge >= 0.3 is 0 Å². The first-order valence-corrected chi connectivity index (χ1v) is 8.83. The van der Waals surface area contributed by atoms with Gasteiger partial charge in [0.15, 0.2) is 5.82 Å². The SMILES string of the molecule is CC1CCC(NS(=O)(=O)c2cc(Cl)cc(N)c2F)C(C)C1. The molecule has 1 fully saturated rings. The molecule has 1 aromatic rings. The molecule has 0 amide bonds. The summed E-state index contributed by atoms with van der Waals surface area (Å²) in [7, 11) is -3.98. The van der Waals surface area contributed by atoms with Crippen LogP contribution in [0.25, 0.3) is 0 Å². The molecular formula is C14H20ClFN2O2S. The third kappa shape index (κ3) is 3.67. The highest BCUT2D eigenvalue weighted by Gasteiger charge is 2.31. The van der Waals surface area contributed by atoms with E-state index in [4.69, 9.17) is 17.3 Å². The Labute approximate surface area is 129 Å².